The maximum absolute atomic E-state index is 12.4. The molecule has 0 aliphatic carbocycles. The monoisotopic (exact) mass is 298 g/mol. The van der Waals surface area contributed by atoms with Crippen LogP contribution in [0.25, 0.3) is 0 Å². The molecule has 1 aromatic rings. The van der Waals surface area contributed by atoms with E-state index in [2.05, 4.69) is 10.3 Å². The molecule has 108 valence electrons. The topological polar surface area (TPSA) is 88.4 Å². The van der Waals surface area contributed by atoms with Crippen molar-refractivity contribution in [3.8, 4) is 0 Å². The molecule has 2 rings (SSSR count). The molecule has 1 fully saturated rings. The van der Waals surface area contributed by atoms with E-state index in [-0.39, 0.29) is 28.4 Å². The second kappa shape index (κ2) is 6.15. The molecule has 8 heteroatoms. The van der Waals surface area contributed by atoms with Crippen molar-refractivity contribution in [2.75, 3.05) is 20.1 Å². The summed E-state index contributed by atoms with van der Waals surface area (Å²) in [6.45, 7) is 1.70. The Morgan fingerprint density at radius 2 is 2.20 bits per heavy atom. The Balaban J connectivity index is 2.23. The summed E-state index contributed by atoms with van der Waals surface area (Å²) in [5.74, 6) is -0.335. The zero-order valence-electron chi connectivity index (χ0n) is 11.0. The Morgan fingerprint density at radius 3 is 2.80 bits per heavy atom. The molecule has 0 radical (unpaired) electrons. The van der Waals surface area contributed by atoms with Gasteiger partial charge in [0, 0.05) is 19.2 Å². The van der Waals surface area contributed by atoms with Gasteiger partial charge in [0.15, 0.2) is 0 Å². The zero-order chi connectivity index (χ0) is 14.7. The van der Waals surface area contributed by atoms with Gasteiger partial charge in [-0.3, -0.25) is 14.9 Å². The molecule has 0 spiro atoms. The lowest BCUT2D eigenvalue weighted by Gasteiger charge is -2.31. The third kappa shape index (κ3) is 3.05. The molecule has 1 saturated heterocycles. The predicted octanol–water partition coefficient (Wildman–Crippen LogP) is 1.47. The zero-order valence-corrected chi connectivity index (χ0v) is 11.8. The van der Waals surface area contributed by atoms with Crippen LogP contribution in [0.4, 0.5) is 5.69 Å². The van der Waals surface area contributed by atoms with E-state index in [0.717, 1.165) is 32.1 Å². The SMILES string of the molecule is CN(C(=O)c1cc([N+](=O)[O-])cnc1Cl)C1CCNCC1. The Labute approximate surface area is 121 Å². The van der Waals surface area contributed by atoms with E-state index in [1.54, 1.807) is 11.9 Å². The molecule has 0 bridgehead atoms. The second-order valence-corrected chi connectivity index (χ2v) is 5.04. The van der Waals surface area contributed by atoms with Crippen LogP contribution in [-0.4, -0.2) is 46.9 Å². The molecule has 2 heterocycles. The number of aromatic nitrogens is 1. The van der Waals surface area contributed by atoms with Crippen LogP contribution in [0.1, 0.15) is 23.2 Å². The van der Waals surface area contributed by atoms with Crippen molar-refractivity contribution < 1.29 is 9.72 Å². The number of nitrogens with one attached hydrogen (secondary N) is 1. The molecule has 1 aliphatic rings. The number of halogens is 1. The molecular formula is C12H15ClN4O3. The average Bonchev–Trinajstić information content (AvgIpc) is 2.47. The Morgan fingerprint density at radius 1 is 1.55 bits per heavy atom. The van der Waals surface area contributed by atoms with Gasteiger partial charge in [-0.2, -0.15) is 0 Å². The minimum Gasteiger partial charge on any atom is -0.339 e. The molecule has 0 aromatic carbocycles. The number of piperidine rings is 1. The number of carbonyl (C=O) groups is 1. The molecule has 7 nitrogen and oxygen atoms in total. The second-order valence-electron chi connectivity index (χ2n) is 4.69. The highest BCUT2D eigenvalue weighted by molar-refractivity contribution is 6.32. The first-order valence-corrected chi connectivity index (χ1v) is 6.66. The summed E-state index contributed by atoms with van der Waals surface area (Å²) in [7, 11) is 1.69. The first-order valence-electron chi connectivity index (χ1n) is 6.28. The van der Waals surface area contributed by atoms with Gasteiger partial charge in [0.2, 0.25) is 0 Å². The molecule has 0 saturated carbocycles. The molecule has 0 atom stereocenters. The van der Waals surface area contributed by atoms with Gasteiger partial charge in [0.05, 0.1) is 10.5 Å². The number of hydrogen-bond donors (Lipinski definition) is 1. The van der Waals surface area contributed by atoms with Crippen molar-refractivity contribution in [3.05, 3.63) is 33.1 Å². The van der Waals surface area contributed by atoms with Gasteiger partial charge in [0.1, 0.15) is 11.3 Å². The average molecular weight is 299 g/mol. The van der Waals surface area contributed by atoms with Gasteiger partial charge in [-0.25, -0.2) is 4.98 Å². The highest BCUT2D eigenvalue weighted by Crippen LogP contribution is 2.22. The molecule has 1 aliphatic heterocycles. The standard InChI is InChI=1S/C12H15ClN4O3/c1-16(8-2-4-14-5-3-8)12(18)10-6-9(17(19)20)7-15-11(10)13/h6-8,14H,2-5H2,1H3. The third-order valence-electron chi connectivity index (χ3n) is 3.44. The smallest absolute Gasteiger partial charge is 0.288 e. The summed E-state index contributed by atoms with van der Waals surface area (Å²) in [6.07, 6.45) is 2.74. The molecule has 1 aromatic heterocycles. The lowest BCUT2D eigenvalue weighted by Crippen LogP contribution is -2.44. The number of pyridine rings is 1. The number of carbonyl (C=O) groups excluding carboxylic acids is 1. The number of rotatable bonds is 3. The van der Waals surface area contributed by atoms with Crippen molar-refractivity contribution >= 4 is 23.2 Å². The normalized spacial score (nSPS) is 15.9. The van der Waals surface area contributed by atoms with Gasteiger partial charge in [-0.1, -0.05) is 11.6 Å². The van der Waals surface area contributed by atoms with Crippen LogP contribution in [-0.2, 0) is 0 Å². The number of nitro groups is 1. The van der Waals surface area contributed by atoms with E-state index < -0.39 is 4.92 Å². The van der Waals surface area contributed by atoms with Crippen LogP contribution >= 0.6 is 11.6 Å². The van der Waals surface area contributed by atoms with E-state index in [1.807, 2.05) is 0 Å². The lowest BCUT2D eigenvalue weighted by molar-refractivity contribution is -0.385. The van der Waals surface area contributed by atoms with Gasteiger partial charge in [-0.05, 0) is 25.9 Å². The predicted molar refractivity (Wildman–Crippen MR) is 73.9 cm³/mol. The largest absolute Gasteiger partial charge is 0.339 e. The number of nitrogens with zero attached hydrogens (tertiary/aromatic N) is 3. The first kappa shape index (κ1) is 14.7. The lowest BCUT2D eigenvalue weighted by atomic mass is 10.0. The van der Waals surface area contributed by atoms with Crippen LogP contribution < -0.4 is 5.32 Å². The van der Waals surface area contributed by atoms with Crippen LogP contribution in [0.3, 0.4) is 0 Å². The summed E-state index contributed by atoms with van der Waals surface area (Å²) < 4.78 is 0. The third-order valence-corrected chi connectivity index (χ3v) is 3.74. The van der Waals surface area contributed by atoms with Crippen LogP contribution in [0.2, 0.25) is 5.15 Å². The summed E-state index contributed by atoms with van der Waals surface area (Å²) >= 11 is 5.89. The molecular weight excluding hydrogens is 284 g/mol. The fourth-order valence-corrected chi connectivity index (χ4v) is 2.42. The van der Waals surface area contributed by atoms with Gasteiger partial charge in [0.25, 0.3) is 11.6 Å². The Bertz CT molecular complexity index is 531. The van der Waals surface area contributed by atoms with Crippen molar-refractivity contribution in [1.29, 1.82) is 0 Å². The fraction of sp³-hybridized carbons (Fsp3) is 0.500. The highest BCUT2D eigenvalue weighted by Gasteiger charge is 2.26. The summed E-state index contributed by atoms with van der Waals surface area (Å²) in [4.78, 5) is 27.9. The van der Waals surface area contributed by atoms with Gasteiger partial charge >= 0.3 is 0 Å². The van der Waals surface area contributed by atoms with Crippen LogP contribution in [0, 0.1) is 10.1 Å². The first-order chi connectivity index (χ1) is 9.50. The minimum absolute atomic E-state index is 0.0126. The maximum Gasteiger partial charge on any atom is 0.288 e. The molecule has 0 unspecified atom stereocenters. The molecule has 1 N–H and O–H groups in total. The summed E-state index contributed by atoms with van der Waals surface area (Å²) in [5.41, 5.74) is -0.168. The van der Waals surface area contributed by atoms with Gasteiger partial charge < -0.3 is 10.2 Å². The fourth-order valence-electron chi connectivity index (χ4n) is 2.24. The van der Waals surface area contributed by atoms with Crippen molar-refractivity contribution in [2.45, 2.75) is 18.9 Å². The number of amides is 1. The summed E-state index contributed by atoms with van der Waals surface area (Å²) in [5, 5.41) is 14.0. The van der Waals surface area contributed by atoms with E-state index >= 15 is 0 Å². The summed E-state index contributed by atoms with van der Waals surface area (Å²) in [6, 6.07) is 1.29. The van der Waals surface area contributed by atoms with E-state index in [4.69, 9.17) is 11.6 Å². The van der Waals surface area contributed by atoms with E-state index in [0.29, 0.717) is 0 Å². The minimum atomic E-state index is -0.593. The maximum atomic E-state index is 12.4. The van der Waals surface area contributed by atoms with Crippen LogP contribution in [0.15, 0.2) is 12.3 Å². The van der Waals surface area contributed by atoms with Crippen LogP contribution in [0.5, 0.6) is 0 Å². The van der Waals surface area contributed by atoms with Gasteiger partial charge in [-0.15, -0.1) is 0 Å². The molecule has 1 amide bonds. The Kier molecular flexibility index (Phi) is 4.51. The number of hydrogen-bond acceptors (Lipinski definition) is 5. The Hall–Kier alpha value is -1.73. The van der Waals surface area contributed by atoms with Crippen molar-refractivity contribution in [2.24, 2.45) is 0 Å². The highest BCUT2D eigenvalue weighted by atomic mass is 35.5. The van der Waals surface area contributed by atoms with E-state index in [9.17, 15) is 14.9 Å². The molecule has 20 heavy (non-hydrogen) atoms. The van der Waals surface area contributed by atoms with E-state index in [1.165, 1.54) is 6.07 Å². The van der Waals surface area contributed by atoms with Crippen molar-refractivity contribution in [3.63, 3.8) is 0 Å². The quantitative estimate of drug-likeness (QED) is 0.518. The van der Waals surface area contributed by atoms with Crippen molar-refractivity contribution in [1.82, 2.24) is 15.2 Å².